The highest BCUT2D eigenvalue weighted by molar-refractivity contribution is 5.76. The zero-order valence-electron chi connectivity index (χ0n) is 12.9. The summed E-state index contributed by atoms with van der Waals surface area (Å²) < 4.78 is 7.34. The molecule has 0 saturated carbocycles. The normalized spacial score (nSPS) is 20.7. The minimum Gasteiger partial charge on any atom is -0.379 e. The van der Waals surface area contributed by atoms with Crippen molar-refractivity contribution in [2.45, 2.75) is 59.0 Å². The van der Waals surface area contributed by atoms with Gasteiger partial charge in [-0.05, 0) is 46.1 Å². The van der Waals surface area contributed by atoms with E-state index in [9.17, 15) is 4.79 Å². The third-order valence-electron chi connectivity index (χ3n) is 4.11. The molecule has 1 fully saturated rings. The number of rotatable bonds is 4. The Hall–Kier alpha value is -1.36. The minimum atomic E-state index is 0.0758. The predicted molar refractivity (Wildman–Crippen MR) is 77.7 cm³/mol. The molecule has 1 aliphatic heterocycles. The summed E-state index contributed by atoms with van der Waals surface area (Å²) in [5.74, 6) is 0.0817. The zero-order chi connectivity index (χ0) is 14.7. The maximum absolute atomic E-state index is 12.1. The van der Waals surface area contributed by atoms with Crippen LogP contribution in [-0.4, -0.2) is 34.9 Å². The number of carbonyl (C=O) groups excluding carboxylic acids is 1. The predicted octanol–water partition coefficient (Wildman–Crippen LogP) is 2.05. The number of hydrogen-bond acceptors (Lipinski definition) is 3. The Morgan fingerprint density at radius 1 is 1.50 bits per heavy atom. The van der Waals surface area contributed by atoms with E-state index in [1.165, 1.54) is 5.56 Å². The highest BCUT2D eigenvalue weighted by atomic mass is 16.5. The van der Waals surface area contributed by atoms with Gasteiger partial charge in [-0.3, -0.25) is 9.48 Å². The van der Waals surface area contributed by atoms with Gasteiger partial charge in [0.2, 0.25) is 5.91 Å². The third kappa shape index (κ3) is 3.39. The molecule has 5 nitrogen and oxygen atoms in total. The Morgan fingerprint density at radius 3 is 2.80 bits per heavy atom. The Kier molecular flexibility index (Phi) is 4.81. The SMILES string of the molecule is Cc1nn(C(C)CC(=O)NC2CCCOC2)c(C)c1C. The number of carbonyl (C=O) groups is 1. The summed E-state index contributed by atoms with van der Waals surface area (Å²) in [6, 6.07) is 0.248. The van der Waals surface area contributed by atoms with Crippen molar-refractivity contribution >= 4 is 5.91 Å². The molecule has 0 aliphatic carbocycles. The summed E-state index contributed by atoms with van der Waals surface area (Å²) in [4.78, 5) is 12.1. The molecule has 1 N–H and O–H groups in total. The first kappa shape index (κ1) is 15.0. The average Bonchev–Trinajstić information content (AvgIpc) is 2.67. The molecule has 1 aromatic heterocycles. The van der Waals surface area contributed by atoms with Crippen LogP contribution in [0.15, 0.2) is 0 Å². The van der Waals surface area contributed by atoms with Crippen LogP contribution in [0, 0.1) is 20.8 Å². The van der Waals surface area contributed by atoms with Gasteiger partial charge in [0.25, 0.3) is 0 Å². The van der Waals surface area contributed by atoms with E-state index in [-0.39, 0.29) is 18.0 Å². The van der Waals surface area contributed by atoms with Crippen molar-refractivity contribution in [3.05, 3.63) is 17.0 Å². The molecule has 1 aromatic rings. The lowest BCUT2D eigenvalue weighted by molar-refractivity contribution is -0.123. The lowest BCUT2D eigenvalue weighted by atomic mass is 10.1. The smallest absolute Gasteiger partial charge is 0.222 e. The van der Waals surface area contributed by atoms with E-state index in [2.05, 4.69) is 24.3 Å². The first-order chi connectivity index (χ1) is 9.49. The van der Waals surface area contributed by atoms with E-state index in [1.54, 1.807) is 0 Å². The van der Waals surface area contributed by atoms with Crippen molar-refractivity contribution in [2.75, 3.05) is 13.2 Å². The van der Waals surface area contributed by atoms with Gasteiger partial charge < -0.3 is 10.1 Å². The highest BCUT2D eigenvalue weighted by Crippen LogP contribution is 2.18. The summed E-state index contributed by atoms with van der Waals surface area (Å²) >= 11 is 0. The Labute approximate surface area is 120 Å². The highest BCUT2D eigenvalue weighted by Gasteiger charge is 2.20. The maximum Gasteiger partial charge on any atom is 0.222 e. The van der Waals surface area contributed by atoms with Gasteiger partial charge in [0.05, 0.1) is 24.4 Å². The number of hydrogen-bond donors (Lipinski definition) is 1. The molecule has 0 radical (unpaired) electrons. The van der Waals surface area contributed by atoms with Gasteiger partial charge in [0.15, 0.2) is 0 Å². The Bertz CT molecular complexity index is 476. The van der Waals surface area contributed by atoms with Crippen LogP contribution < -0.4 is 5.32 Å². The van der Waals surface area contributed by atoms with Gasteiger partial charge in [-0.1, -0.05) is 0 Å². The van der Waals surface area contributed by atoms with Crippen LogP contribution in [0.5, 0.6) is 0 Å². The fourth-order valence-corrected chi connectivity index (χ4v) is 2.67. The van der Waals surface area contributed by atoms with Crippen molar-refractivity contribution in [3.8, 4) is 0 Å². The van der Waals surface area contributed by atoms with Crippen LogP contribution in [0.1, 0.15) is 49.2 Å². The molecule has 0 spiro atoms. The lowest BCUT2D eigenvalue weighted by Gasteiger charge is -2.24. The van der Waals surface area contributed by atoms with Crippen LogP contribution in [0.2, 0.25) is 0 Å². The van der Waals surface area contributed by atoms with E-state index < -0.39 is 0 Å². The second-order valence-corrected chi connectivity index (χ2v) is 5.78. The monoisotopic (exact) mass is 279 g/mol. The fraction of sp³-hybridized carbons (Fsp3) is 0.733. The van der Waals surface area contributed by atoms with E-state index in [1.807, 2.05) is 18.5 Å². The molecule has 1 saturated heterocycles. The number of amides is 1. The molecule has 1 aliphatic rings. The van der Waals surface area contributed by atoms with Crippen molar-refractivity contribution in [2.24, 2.45) is 0 Å². The molecule has 2 rings (SSSR count). The molecular weight excluding hydrogens is 254 g/mol. The molecular formula is C15H25N3O2. The Balaban J connectivity index is 1.91. The first-order valence-corrected chi connectivity index (χ1v) is 7.38. The summed E-state index contributed by atoms with van der Waals surface area (Å²) in [6.45, 7) is 9.62. The van der Waals surface area contributed by atoms with Crippen molar-refractivity contribution in [1.29, 1.82) is 0 Å². The molecule has 2 atom stereocenters. The molecule has 1 amide bonds. The molecule has 2 heterocycles. The number of nitrogens with zero attached hydrogens (tertiary/aromatic N) is 2. The van der Waals surface area contributed by atoms with Crippen LogP contribution in [0.3, 0.4) is 0 Å². The van der Waals surface area contributed by atoms with E-state index in [4.69, 9.17) is 4.74 Å². The molecule has 20 heavy (non-hydrogen) atoms. The van der Waals surface area contributed by atoms with Crippen molar-refractivity contribution in [1.82, 2.24) is 15.1 Å². The molecule has 112 valence electrons. The van der Waals surface area contributed by atoms with Crippen LogP contribution in [0.25, 0.3) is 0 Å². The second-order valence-electron chi connectivity index (χ2n) is 5.78. The van der Waals surface area contributed by atoms with E-state index >= 15 is 0 Å². The fourth-order valence-electron chi connectivity index (χ4n) is 2.67. The van der Waals surface area contributed by atoms with Gasteiger partial charge in [0, 0.05) is 18.7 Å². The zero-order valence-corrected chi connectivity index (χ0v) is 12.9. The summed E-state index contributed by atoms with van der Waals surface area (Å²) in [7, 11) is 0. The first-order valence-electron chi connectivity index (χ1n) is 7.38. The lowest BCUT2D eigenvalue weighted by Crippen LogP contribution is -2.41. The third-order valence-corrected chi connectivity index (χ3v) is 4.11. The largest absolute Gasteiger partial charge is 0.379 e. The van der Waals surface area contributed by atoms with E-state index in [0.717, 1.165) is 30.8 Å². The van der Waals surface area contributed by atoms with Gasteiger partial charge in [-0.25, -0.2) is 0 Å². The number of aromatic nitrogens is 2. The molecule has 2 unspecified atom stereocenters. The van der Waals surface area contributed by atoms with Gasteiger partial charge >= 0.3 is 0 Å². The van der Waals surface area contributed by atoms with Gasteiger partial charge in [-0.2, -0.15) is 5.10 Å². The number of aryl methyl sites for hydroxylation is 1. The number of nitrogens with one attached hydrogen (secondary N) is 1. The summed E-state index contributed by atoms with van der Waals surface area (Å²) in [5.41, 5.74) is 3.39. The maximum atomic E-state index is 12.1. The van der Waals surface area contributed by atoms with Gasteiger partial charge in [0.1, 0.15) is 0 Å². The topological polar surface area (TPSA) is 56.2 Å². The second kappa shape index (κ2) is 6.39. The van der Waals surface area contributed by atoms with Crippen LogP contribution >= 0.6 is 0 Å². The standard InChI is InChI=1S/C15H25N3O2/c1-10(18-13(4)11(2)12(3)17-18)8-15(19)16-14-6-5-7-20-9-14/h10,14H,5-9H2,1-4H3,(H,16,19). The number of ether oxygens (including phenoxy) is 1. The minimum absolute atomic E-state index is 0.0758. The quantitative estimate of drug-likeness (QED) is 0.917. The van der Waals surface area contributed by atoms with Crippen molar-refractivity contribution in [3.63, 3.8) is 0 Å². The van der Waals surface area contributed by atoms with Crippen LogP contribution in [-0.2, 0) is 9.53 Å². The summed E-state index contributed by atoms with van der Waals surface area (Å²) in [5, 5.41) is 7.58. The van der Waals surface area contributed by atoms with E-state index in [0.29, 0.717) is 13.0 Å². The Morgan fingerprint density at radius 2 is 2.25 bits per heavy atom. The molecule has 0 aromatic carbocycles. The summed E-state index contributed by atoms with van der Waals surface area (Å²) in [6.07, 6.45) is 2.49. The van der Waals surface area contributed by atoms with Crippen molar-refractivity contribution < 1.29 is 9.53 Å². The molecule has 0 bridgehead atoms. The molecule has 5 heteroatoms. The average molecular weight is 279 g/mol. The van der Waals surface area contributed by atoms with Crippen LogP contribution in [0.4, 0.5) is 0 Å². The van der Waals surface area contributed by atoms with Gasteiger partial charge in [-0.15, -0.1) is 0 Å².